The van der Waals surface area contributed by atoms with E-state index in [4.69, 9.17) is 4.74 Å². The molecule has 2 atom stereocenters. The van der Waals surface area contributed by atoms with Gasteiger partial charge in [0.15, 0.2) is 0 Å². The summed E-state index contributed by atoms with van der Waals surface area (Å²) in [6, 6.07) is 5.09. The Morgan fingerprint density at radius 1 is 1.35 bits per heavy atom. The van der Waals surface area contributed by atoms with Gasteiger partial charge in [-0.3, -0.25) is 0 Å². The van der Waals surface area contributed by atoms with Gasteiger partial charge < -0.3 is 9.84 Å². The van der Waals surface area contributed by atoms with Gasteiger partial charge in [0.2, 0.25) is 0 Å². The fourth-order valence-electron chi connectivity index (χ4n) is 3.06. The molecule has 1 aliphatic carbocycles. The Bertz CT molecular complexity index is 484. The minimum atomic E-state index is -4.24. The molecule has 112 valence electrons. The molecule has 20 heavy (non-hydrogen) atoms. The van der Waals surface area contributed by atoms with E-state index in [0.717, 1.165) is 5.56 Å². The lowest BCUT2D eigenvalue weighted by Crippen LogP contribution is -2.38. The molecule has 1 saturated carbocycles. The van der Waals surface area contributed by atoms with E-state index in [9.17, 15) is 18.3 Å². The average molecular weight is 288 g/mol. The number of benzene rings is 1. The Morgan fingerprint density at radius 3 is 2.60 bits per heavy atom. The third kappa shape index (κ3) is 2.92. The van der Waals surface area contributed by atoms with E-state index in [0.29, 0.717) is 24.2 Å². The monoisotopic (exact) mass is 288 g/mol. The molecule has 0 amide bonds. The molecule has 0 heterocycles. The number of hydrogen-bond donors (Lipinski definition) is 1. The minimum Gasteiger partial charge on any atom is -0.497 e. The molecular weight excluding hydrogens is 269 g/mol. The molecule has 1 aromatic rings. The molecule has 1 aliphatic rings. The van der Waals surface area contributed by atoms with E-state index in [2.05, 4.69) is 0 Å². The Hall–Kier alpha value is -1.23. The fraction of sp³-hybridized carbons (Fsp3) is 0.600. The van der Waals surface area contributed by atoms with Crippen LogP contribution < -0.4 is 4.74 Å². The number of rotatable bonds is 2. The SMILES string of the molecule is COc1ccc(C2(O)CCCC(C(F)(F)F)C2)c(C)c1. The van der Waals surface area contributed by atoms with Gasteiger partial charge in [-0.2, -0.15) is 13.2 Å². The van der Waals surface area contributed by atoms with Crippen molar-refractivity contribution >= 4 is 0 Å². The second-order valence-corrected chi connectivity index (χ2v) is 5.55. The number of ether oxygens (including phenoxy) is 1. The summed E-state index contributed by atoms with van der Waals surface area (Å²) in [7, 11) is 1.53. The zero-order valence-electron chi connectivity index (χ0n) is 11.6. The van der Waals surface area contributed by atoms with Gasteiger partial charge in [0, 0.05) is 0 Å². The van der Waals surface area contributed by atoms with Crippen LogP contribution in [0.1, 0.15) is 36.8 Å². The third-order valence-electron chi connectivity index (χ3n) is 4.12. The van der Waals surface area contributed by atoms with Gasteiger partial charge in [0.05, 0.1) is 18.6 Å². The van der Waals surface area contributed by atoms with Crippen LogP contribution in [-0.2, 0) is 5.60 Å². The van der Waals surface area contributed by atoms with Gasteiger partial charge in [0.1, 0.15) is 5.75 Å². The molecule has 5 heteroatoms. The second kappa shape index (κ2) is 5.28. The zero-order chi connectivity index (χ0) is 15.0. The Balaban J connectivity index is 2.30. The van der Waals surface area contributed by atoms with Crippen molar-refractivity contribution in [3.05, 3.63) is 29.3 Å². The van der Waals surface area contributed by atoms with Crippen molar-refractivity contribution in [2.75, 3.05) is 7.11 Å². The summed E-state index contributed by atoms with van der Waals surface area (Å²) in [5.41, 5.74) is -0.0589. The lowest BCUT2D eigenvalue weighted by atomic mass is 9.73. The Morgan fingerprint density at radius 2 is 2.05 bits per heavy atom. The maximum Gasteiger partial charge on any atom is 0.391 e. The number of alkyl halides is 3. The number of aliphatic hydroxyl groups is 1. The molecule has 0 saturated heterocycles. The Kier molecular flexibility index (Phi) is 4.00. The van der Waals surface area contributed by atoms with Crippen LogP contribution in [0.5, 0.6) is 5.75 Å². The minimum absolute atomic E-state index is 0.0982. The predicted octanol–water partition coefficient (Wildman–Crippen LogP) is 3.94. The molecule has 1 N–H and O–H groups in total. The van der Waals surface area contributed by atoms with Crippen molar-refractivity contribution in [1.82, 2.24) is 0 Å². The van der Waals surface area contributed by atoms with E-state index in [1.54, 1.807) is 25.1 Å². The molecular formula is C15H19F3O2. The van der Waals surface area contributed by atoms with Crippen LogP contribution in [0, 0.1) is 12.8 Å². The summed E-state index contributed by atoms with van der Waals surface area (Å²) >= 11 is 0. The van der Waals surface area contributed by atoms with Gasteiger partial charge in [0.25, 0.3) is 0 Å². The highest BCUT2D eigenvalue weighted by molar-refractivity contribution is 5.38. The van der Waals surface area contributed by atoms with Crippen LogP contribution in [0.3, 0.4) is 0 Å². The quantitative estimate of drug-likeness (QED) is 0.893. The molecule has 0 spiro atoms. The molecule has 2 unspecified atom stereocenters. The highest BCUT2D eigenvalue weighted by atomic mass is 19.4. The van der Waals surface area contributed by atoms with Crippen LogP contribution in [0.2, 0.25) is 0 Å². The summed E-state index contributed by atoms with van der Waals surface area (Å²) in [4.78, 5) is 0. The smallest absolute Gasteiger partial charge is 0.391 e. The van der Waals surface area contributed by atoms with E-state index in [-0.39, 0.29) is 12.8 Å². The van der Waals surface area contributed by atoms with Crippen molar-refractivity contribution in [3.63, 3.8) is 0 Å². The second-order valence-electron chi connectivity index (χ2n) is 5.55. The van der Waals surface area contributed by atoms with Gasteiger partial charge in [-0.25, -0.2) is 0 Å². The van der Waals surface area contributed by atoms with Crippen molar-refractivity contribution in [2.45, 2.75) is 44.4 Å². The molecule has 1 aromatic carbocycles. The van der Waals surface area contributed by atoms with Crippen molar-refractivity contribution < 1.29 is 23.0 Å². The molecule has 0 aromatic heterocycles. The zero-order valence-corrected chi connectivity index (χ0v) is 11.6. The first kappa shape index (κ1) is 15.2. The molecule has 0 bridgehead atoms. The summed E-state index contributed by atoms with van der Waals surface area (Å²) in [5.74, 6) is -0.791. The largest absolute Gasteiger partial charge is 0.497 e. The van der Waals surface area contributed by atoms with Crippen LogP contribution >= 0.6 is 0 Å². The first-order valence-electron chi connectivity index (χ1n) is 6.70. The molecule has 0 radical (unpaired) electrons. The van der Waals surface area contributed by atoms with Crippen LogP contribution in [0.4, 0.5) is 13.2 Å². The lowest BCUT2D eigenvalue weighted by Gasteiger charge is -2.38. The van der Waals surface area contributed by atoms with Gasteiger partial charge in [-0.05, 0) is 55.9 Å². The van der Waals surface area contributed by atoms with E-state index < -0.39 is 17.7 Å². The van der Waals surface area contributed by atoms with Crippen molar-refractivity contribution in [3.8, 4) is 5.75 Å². The fourth-order valence-corrected chi connectivity index (χ4v) is 3.06. The third-order valence-corrected chi connectivity index (χ3v) is 4.12. The number of halogens is 3. The predicted molar refractivity (Wildman–Crippen MR) is 69.6 cm³/mol. The first-order chi connectivity index (χ1) is 9.26. The van der Waals surface area contributed by atoms with Crippen LogP contribution in [0.25, 0.3) is 0 Å². The number of methoxy groups -OCH3 is 1. The number of hydrogen-bond acceptors (Lipinski definition) is 2. The maximum absolute atomic E-state index is 12.9. The van der Waals surface area contributed by atoms with E-state index in [1.165, 1.54) is 7.11 Å². The lowest BCUT2D eigenvalue weighted by molar-refractivity contribution is -0.202. The topological polar surface area (TPSA) is 29.5 Å². The average Bonchev–Trinajstić information content (AvgIpc) is 2.37. The molecule has 1 fully saturated rings. The van der Waals surface area contributed by atoms with Gasteiger partial charge in [-0.15, -0.1) is 0 Å². The first-order valence-corrected chi connectivity index (χ1v) is 6.70. The van der Waals surface area contributed by atoms with Crippen LogP contribution in [0.15, 0.2) is 18.2 Å². The van der Waals surface area contributed by atoms with Crippen molar-refractivity contribution in [1.29, 1.82) is 0 Å². The van der Waals surface area contributed by atoms with Crippen LogP contribution in [-0.4, -0.2) is 18.4 Å². The summed E-state index contributed by atoms with van der Waals surface area (Å²) in [5, 5.41) is 10.7. The van der Waals surface area contributed by atoms with Gasteiger partial charge in [-0.1, -0.05) is 6.07 Å². The Labute approximate surface area is 116 Å². The molecule has 2 rings (SSSR count). The molecule has 2 nitrogen and oxygen atoms in total. The summed E-state index contributed by atoms with van der Waals surface area (Å²) in [6.45, 7) is 1.78. The van der Waals surface area contributed by atoms with E-state index >= 15 is 0 Å². The van der Waals surface area contributed by atoms with Crippen molar-refractivity contribution in [2.24, 2.45) is 5.92 Å². The normalized spacial score (nSPS) is 27.4. The molecule has 0 aliphatic heterocycles. The summed E-state index contributed by atoms with van der Waals surface area (Å²) < 4.78 is 43.7. The summed E-state index contributed by atoms with van der Waals surface area (Å²) in [6.07, 6.45) is -3.65. The number of aryl methyl sites for hydroxylation is 1. The highest BCUT2D eigenvalue weighted by Crippen LogP contribution is 2.47. The van der Waals surface area contributed by atoms with E-state index in [1.807, 2.05) is 0 Å². The maximum atomic E-state index is 12.9. The highest BCUT2D eigenvalue weighted by Gasteiger charge is 2.47. The standard InChI is InChI=1S/C15H19F3O2/c1-10-8-12(20-2)5-6-13(10)14(19)7-3-4-11(9-14)15(16,17)18/h5-6,8,11,19H,3-4,7,9H2,1-2H3. The van der Waals surface area contributed by atoms with Gasteiger partial charge >= 0.3 is 6.18 Å².